The van der Waals surface area contributed by atoms with Crippen molar-refractivity contribution in [2.45, 2.75) is 26.0 Å². The number of methoxy groups -OCH3 is 1. The molecule has 4 nitrogen and oxygen atoms in total. The Kier molecular flexibility index (Phi) is 3.97. The topological polar surface area (TPSA) is 51.4 Å². The quantitative estimate of drug-likeness (QED) is 0.860. The Balaban J connectivity index is 2.06. The maximum atomic E-state index is 5.54. The molecule has 2 unspecified atom stereocenters. The Morgan fingerprint density at radius 3 is 2.94 bits per heavy atom. The highest BCUT2D eigenvalue weighted by Crippen LogP contribution is 2.24. The van der Waals surface area contributed by atoms with E-state index in [1.54, 1.807) is 7.11 Å². The maximum Gasteiger partial charge on any atom is 0.0772 e. The van der Waals surface area contributed by atoms with Gasteiger partial charge >= 0.3 is 0 Å². The number of piperidine rings is 1. The zero-order valence-electron chi connectivity index (χ0n) is 10.6. The van der Waals surface area contributed by atoms with Crippen LogP contribution in [-0.4, -0.2) is 31.3 Å². The van der Waals surface area contributed by atoms with Crippen LogP contribution in [0, 0.1) is 5.92 Å². The number of aromatic nitrogens is 1. The van der Waals surface area contributed by atoms with E-state index in [1.165, 1.54) is 0 Å². The summed E-state index contributed by atoms with van der Waals surface area (Å²) in [5.74, 6) is 0.632. The van der Waals surface area contributed by atoms with Gasteiger partial charge < -0.3 is 15.4 Å². The normalized spacial score (nSPS) is 25.0. The molecule has 94 valence electrons. The fourth-order valence-electron chi connectivity index (χ4n) is 2.30. The van der Waals surface area contributed by atoms with Crippen molar-refractivity contribution in [1.82, 2.24) is 4.98 Å². The molecule has 2 heterocycles. The summed E-state index contributed by atoms with van der Waals surface area (Å²) in [5.41, 5.74) is 7.64. The van der Waals surface area contributed by atoms with Gasteiger partial charge in [-0.15, -0.1) is 0 Å². The van der Waals surface area contributed by atoms with Crippen molar-refractivity contribution in [3.63, 3.8) is 0 Å². The maximum absolute atomic E-state index is 5.54. The van der Waals surface area contributed by atoms with Crippen molar-refractivity contribution in [3.8, 4) is 0 Å². The van der Waals surface area contributed by atoms with Gasteiger partial charge in [-0.05, 0) is 24.5 Å². The van der Waals surface area contributed by atoms with E-state index in [0.717, 1.165) is 30.9 Å². The first kappa shape index (κ1) is 12.3. The number of rotatable bonds is 3. The number of hydrogen-bond acceptors (Lipinski definition) is 4. The molecule has 4 heteroatoms. The lowest BCUT2D eigenvalue weighted by atomic mass is 9.95. The molecule has 1 aromatic rings. The molecule has 0 saturated carbocycles. The van der Waals surface area contributed by atoms with E-state index < -0.39 is 0 Å². The van der Waals surface area contributed by atoms with Crippen molar-refractivity contribution < 1.29 is 4.74 Å². The Morgan fingerprint density at radius 1 is 1.53 bits per heavy atom. The Morgan fingerprint density at radius 2 is 2.35 bits per heavy atom. The molecule has 0 amide bonds. The van der Waals surface area contributed by atoms with Crippen LogP contribution in [-0.2, 0) is 11.3 Å². The molecule has 2 rings (SSSR count). The number of nitrogens with two attached hydrogens (primary N) is 1. The minimum atomic E-state index is 0.318. The first-order chi connectivity index (χ1) is 8.24. The summed E-state index contributed by atoms with van der Waals surface area (Å²) in [7, 11) is 1.79. The predicted molar refractivity (Wildman–Crippen MR) is 68.9 cm³/mol. The third-order valence-electron chi connectivity index (χ3n) is 3.58. The molecule has 0 radical (unpaired) electrons. The summed E-state index contributed by atoms with van der Waals surface area (Å²) < 4.78 is 5.52. The van der Waals surface area contributed by atoms with Crippen LogP contribution >= 0.6 is 0 Å². The first-order valence-corrected chi connectivity index (χ1v) is 6.17. The highest BCUT2D eigenvalue weighted by Gasteiger charge is 2.26. The summed E-state index contributed by atoms with van der Waals surface area (Å²) in [5, 5.41) is 0. The molecular formula is C13H21N3O. The lowest BCUT2D eigenvalue weighted by Crippen LogP contribution is -2.43. The molecule has 0 aromatic carbocycles. The van der Waals surface area contributed by atoms with Crippen LogP contribution in [0.4, 0.5) is 5.69 Å². The largest absolute Gasteiger partial charge is 0.379 e. The van der Waals surface area contributed by atoms with Crippen LogP contribution in [0.5, 0.6) is 0 Å². The molecule has 17 heavy (non-hydrogen) atoms. The third-order valence-corrected chi connectivity index (χ3v) is 3.58. The van der Waals surface area contributed by atoms with Gasteiger partial charge in [0.15, 0.2) is 0 Å². The van der Waals surface area contributed by atoms with Gasteiger partial charge in [0.25, 0.3) is 0 Å². The minimum Gasteiger partial charge on any atom is -0.379 e. The molecular weight excluding hydrogens is 214 g/mol. The van der Waals surface area contributed by atoms with Gasteiger partial charge in [-0.1, -0.05) is 6.92 Å². The molecule has 0 bridgehead atoms. The lowest BCUT2D eigenvalue weighted by Gasteiger charge is -2.37. The molecule has 2 N–H and O–H groups in total. The predicted octanol–water partition coefficient (Wildman–Crippen LogP) is 1.40. The molecule has 1 fully saturated rings. The van der Waals surface area contributed by atoms with Gasteiger partial charge in [0.05, 0.1) is 23.7 Å². The van der Waals surface area contributed by atoms with Crippen LogP contribution < -0.4 is 10.6 Å². The van der Waals surface area contributed by atoms with Crippen molar-refractivity contribution in [2.24, 2.45) is 11.7 Å². The van der Waals surface area contributed by atoms with E-state index in [0.29, 0.717) is 18.6 Å². The SMILES string of the molecule is COC1CN(c2ccc(CN)nc2)CCC1C. The molecule has 1 saturated heterocycles. The second-order valence-electron chi connectivity index (χ2n) is 4.70. The monoisotopic (exact) mass is 235 g/mol. The Hall–Kier alpha value is -1.13. The number of pyridine rings is 1. The third kappa shape index (κ3) is 2.76. The lowest BCUT2D eigenvalue weighted by molar-refractivity contribution is 0.0498. The van der Waals surface area contributed by atoms with Gasteiger partial charge in [0.1, 0.15) is 0 Å². The second-order valence-corrected chi connectivity index (χ2v) is 4.70. The van der Waals surface area contributed by atoms with E-state index in [-0.39, 0.29) is 0 Å². The number of anilines is 1. The van der Waals surface area contributed by atoms with Crippen LogP contribution in [0.15, 0.2) is 18.3 Å². The molecule has 2 atom stereocenters. The molecule has 1 aliphatic heterocycles. The van der Waals surface area contributed by atoms with Crippen LogP contribution in [0.1, 0.15) is 19.0 Å². The second kappa shape index (κ2) is 5.47. The summed E-state index contributed by atoms with van der Waals surface area (Å²) >= 11 is 0. The number of hydrogen-bond donors (Lipinski definition) is 1. The number of ether oxygens (including phenoxy) is 1. The fourth-order valence-corrected chi connectivity index (χ4v) is 2.30. The van der Waals surface area contributed by atoms with E-state index in [4.69, 9.17) is 10.5 Å². The van der Waals surface area contributed by atoms with Gasteiger partial charge in [0.2, 0.25) is 0 Å². The molecule has 0 spiro atoms. The van der Waals surface area contributed by atoms with Gasteiger partial charge in [-0.25, -0.2) is 0 Å². The molecule has 0 aliphatic carbocycles. The van der Waals surface area contributed by atoms with E-state index in [2.05, 4.69) is 22.9 Å². The van der Waals surface area contributed by atoms with Crippen molar-refractivity contribution >= 4 is 5.69 Å². The van der Waals surface area contributed by atoms with E-state index >= 15 is 0 Å². The summed E-state index contributed by atoms with van der Waals surface area (Å²) in [6, 6.07) is 4.09. The molecule has 1 aromatic heterocycles. The van der Waals surface area contributed by atoms with Gasteiger partial charge in [0, 0.05) is 26.7 Å². The van der Waals surface area contributed by atoms with Gasteiger partial charge in [-0.3, -0.25) is 4.98 Å². The first-order valence-electron chi connectivity index (χ1n) is 6.17. The summed E-state index contributed by atoms with van der Waals surface area (Å²) in [4.78, 5) is 6.67. The van der Waals surface area contributed by atoms with Crippen LogP contribution in [0.3, 0.4) is 0 Å². The zero-order chi connectivity index (χ0) is 12.3. The highest BCUT2D eigenvalue weighted by atomic mass is 16.5. The Labute approximate surface area is 103 Å². The van der Waals surface area contributed by atoms with Crippen molar-refractivity contribution in [3.05, 3.63) is 24.0 Å². The summed E-state index contributed by atoms with van der Waals surface area (Å²) in [6.45, 7) is 4.77. The summed E-state index contributed by atoms with van der Waals surface area (Å²) in [6.07, 6.45) is 3.39. The van der Waals surface area contributed by atoms with Crippen molar-refractivity contribution in [1.29, 1.82) is 0 Å². The van der Waals surface area contributed by atoms with Gasteiger partial charge in [-0.2, -0.15) is 0 Å². The number of nitrogens with zero attached hydrogens (tertiary/aromatic N) is 2. The van der Waals surface area contributed by atoms with Crippen LogP contribution in [0.2, 0.25) is 0 Å². The highest BCUT2D eigenvalue weighted by molar-refractivity contribution is 5.45. The van der Waals surface area contributed by atoms with E-state index in [1.807, 2.05) is 12.3 Å². The fraction of sp³-hybridized carbons (Fsp3) is 0.615. The van der Waals surface area contributed by atoms with Crippen molar-refractivity contribution in [2.75, 3.05) is 25.1 Å². The van der Waals surface area contributed by atoms with E-state index in [9.17, 15) is 0 Å². The zero-order valence-corrected chi connectivity index (χ0v) is 10.6. The standard InChI is InChI=1S/C13H21N3O/c1-10-5-6-16(9-13(10)17-2)12-4-3-11(7-14)15-8-12/h3-4,8,10,13H,5-7,9,14H2,1-2H3. The minimum absolute atomic E-state index is 0.318. The average molecular weight is 235 g/mol. The molecule has 1 aliphatic rings. The van der Waals surface area contributed by atoms with Crippen LogP contribution in [0.25, 0.3) is 0 Å². The smallest absolute Gasteiger partial charge is 0.0772 e. The average Bonchev–Trinajstić information content (AvgIpc) is 2.39. The Bertz CT molecular complexity index is 352.